The first-order valence-electron chi connectivity index (χ1n) is 6.72. The van der Waals surface area contributed by atoms with Crippen LogP contribution < -0.4 is 11.3 Å². The Hall–Kier alpha value is -1.09. The van der Waals surface area contributed by atoms with Gasteiger partial charge in [0, 0.05) is 9.77 Å². The van der Waals surface area contributed by atoms with Gasteiger partial charge in [0.15, 0.2) is 5.65 Å². The number of anilines is 1. The van der Waals surface area contributed by atoms with Crippen molar-refractivity contribution in [2.45, 2.75) is 39.0 Å². The summed E-state index contributed by atoms with van der Waals surface area (Å²) in [6, 6.07) is 0. The summed E-state index contributed by atoms with van der Waals surface area (Å²) in [7, 11) is 0. The van der Waals surface area contributed by atoms with E-state index >= 15 is 0 Å². The quantitative estimate of drug-likeness (QED) is 0.773. The number of nitrogen functional groups attached to an aromatic ring is 1. The summed E-state index contributed by atoms with van der Waals surface area (Å²) in [5, 5.41) is 0.580. The zero-order valence-electron chi connectivity index (χ0n) is 11.4. The third kappa shape index (κ3) is 2.12. The summed E-state index contributed by atoms with van der Waals surface area (Å²) in [6.45, 7) is 4.32. The van der Waals surface area contributed by atoms with E-state index in [4.69, 9.17) is 10.5 Å². The molecule has 0 saturated carbocycles. The summed E-state index contributed by atoms with van der Waals surface area (Å²) >= 11 is 2.15. The highest BCUT2D eigenvalue weighted by Crippen LogP contribution is 2.36. The van der Waals surface area contributed by atoms with Gasteiger partial charge in [0.05, 0.1) is 11.5 Å². The summed E-state index contributed by atoms with van der Waals surface area (Å²) in [5.41, 5.74) is 6.06. The molecule has 2 aromatic heterocycles. The first-order valence-corrected chi connectivity index (χ1v) is 7.80. The molecule has 0 unspecified atom stereocenters. The molecule has 7 heteroatoms. The van der Waals surface area contributed by atoms with E-state index in [2.05, 4.69) is 46.4 Å². The van der Waals surface area contributed by atoms with Gasteiger partial charge in [-0.2, -0.15) is 4.98 Å². The number of hydrogen-bond acceptors (Lipinski definition) is 4. The van der Waals surface area contributed by atoms with Crippen LogP contribution in [0.1, 0.15) is 32.9 Å². The summed E-state index contributed by atoms with van der Waals surface area (Å²) in [6.07, 6.45) is 4.02. The summed E-state index contributed by atoms with van der Waals surface area (Å²) in [5.74, 6) is 0.635. The maximum absolute atomic E-state index is 12.0. The lowest BCUT2D eigenvalue weighted by atomic mass is 10.0. The number of hydrogen-bond donors (Lipinski definition) is 2. The lowest BCUT2D eigenvalue weighted by molar-refractivity contribution is -0.00280. The number of nitrogens with two attached hydrogens (primary N) is 1. The fourth-order valence-electron chi connectivity index (χ4n) is 2.89. The monoisotopic (exact) mass is 388 g/mol. The molecule has 3 N–H and O–H groups in total. The van der Waals surface area contributed by atoms with Crippen molar-refractivity contribution in [1.29, 1.82) is 0 Å². The Morgan fingerprint density at radius 1 is 1.65 bits per heavy atom. The van der Waals surface area contributed by atoms with Gasteiger partial charge in [0.2, 0.25) is 5.95 Å². The molecule has 2 aromatic rings. The molecule has 6 nitrogen and oxygen atoms in total. The van der Waals surface area contributed by atoms with Gasteiger partial charge in [0.25, 0.3) is 5.56 Å². The lowest BCUT2D eigenvalue weighted by Crippen LogP contribution is -2.15. The van der Waals surface area contributed by atoms with E-state index < -0.39 is 0 Å². The van der Waals surface area contributed by atoms with E-state index in [0.717, 1.165) is 16.4 Å². The van der Waals surface area contributed by atoms with Gasteiger partial charge in [-0.15, -0.1) is 0 Å². The second-order valence-corrected chi connectivity index (χ2v) is 6.45. The molecule has 3 rings (SSSR count). The van der Waals surface area contributed by atoms with Gasteiger partial charge in [-0.25, -0.2) is 0 Å². The van der Waals surface area contributed by atoms with Crippen LogP contribution in [0.3, 0.4) is 0 Å². The minimum atomic E-state index is -0.200. The van der Waals surface area contributed by atoms with Crippen LogP contribution in [0, 0.1) is 9.49 Å². The Kier molecular flexibility index (Phi) is 3.49. The van der Waals surface area contributed by atoms with Crippen LogP contribution in [0.5, 0.6) is 0 Å². The summed E-state index contributed by atoms with van der Waals surface area (Å²) in [4.78, 5) is 18.8. The molecule has 108 valence electrons. The molecule has 1 saturated heterocycles. The fourth-order valence-corrected chi connectivity index (χ4v) is 3.67. The minimum Gasteiger partial charge on any atom is -0.369 e. The average molecular weight is 388 g/mol. The van der Waals surface area contributed by atoms with Crippen LogP contribution in [-0.4, -0.2) is 20.6 Å². The molecule has 1 aliphatic heterocycles. The van der Waals surface area contributed by atoms with Crippen LogP contribution >= 0.6 is 22.6 Å². The van der Waals surface area contributed by atoms with Crippen molar-refractivity contribution >= 4 is 39.6 Å². The van der Waals surface area contributed by atoms with Crippen molar-refractivity contribution in [3.05, 3.63) is 20.1 Å². The number of fused-ring (bicyclic) bond motifs is 1. The lowest BCUT2D eigenvalue weighted by Gasteiger charge is -2.15. The van der Waals surface area contributed by atoms with E-state index in [9.17, 15) is 4.79 Å². The van der Waals surface area contributed by atoms with E-state index in [-0.39, 0.29) is 23.8 Å². The SMILES string of the molecule is CC[C@H]1O[C@@H](n2cc(I)c3c(=O)[nH]c(N)nc32)C[C@H]1C. The number of aromatic nitrogens is 3. The summed E-state index contributed by atoms with van der Waals surface area (Å²) < 4.78 is 8.88. The van der Waals surface area contributed by atoms with Crippen LogP contribution in [0.2, 0.25) is 0 Å². The van der Waals surface area contributed by atoms with Gasteiger partial charge in [0.1, 0.15) is 6.23 Å². The maximum atomic E-state index is 12.0. The largest absolute Gasteiger partial charge is 0.369 e. The van der Waals surface area contributed by atoms with Crippen molar-refractivity contribution < 1.29 is 4.74 Å². The number of halogens is 1. The van der Waals surface area contributed by atoms with E-state index in [0.29, 0.717) is 17.0 Å². The smallest absolute Gasteiger partial charge is 0.262 e. The Morgan fingerprint density at radius 3 is 3.05 bits per heavy atom. The highest BCUT2D eigenvalue weighted by molar-refractivity contribution is 14.1. The Bertz CT molecular complexity index is 708. The second kappa shape index (κ2) is 5.03. The van der Waals surface area contributed by atoms with E-state index in [1.54, 1.807) is 0 Å². The molecule has 0 bridgehead atoms. The number of nitrogens with one attached hydrogen (secondary N) is 1. The molecule has 3 atom stereocenters. The van der Waals surface area contributed by atoms with E-state index in [1.165, 1.54) is 0 Å². The first kappa shape index (κ1) is 13.9. The zero-order chi connectivity index (χ0) is 14.4. The van der Waals surface area contributed by atoms with Crippen molar-refractivity contribution in [2.24, 2.45) is 5.92 Å². The van der Waals surface area contributed by atoms with Gasteiger partial charge >= 0.3 is 0 Å². The normalized spacial score (nSPS) is 26.4. The molecule has 0 spiro atoms. The molecule has 0 aliphatic carbocycles. The van der Waals surface area contributed by atoms with Crippen LogP contribution in [0.4, 0.5) is 5.95 Å². The molecular weight excluding hydrogens is 371 g/mol. The number of aromatic amines is 1. The molecule has 0 aromatic carbocycles. The van der Waals surface area contributed by atoms with Crippen molar-refractivity contribution in [1.82, 2.24) is 14.5 Å². The Morgan fingerprint density at radius 2 is 2.40 bits per heavy atom. The minimum absolute atomic E-state index is 0.0744. The number of nitrogens with zero attached hydrogens (tertiary/aromatic N) is 2. The number of ether oxygens (including phenoxy) is 1. The standard InChI is InChI=1S/C13H17IN4O2/c1-3-8-6(2)4-9(20-8)18-5-7(14)10-11(18)16-13(15)17-12(10)19/h5-6,8-9H,3-4H2,1-2H3,(H3,15,16,17,19)/t6-,8-,9-/m1/s1. The highest BCUT2D eigenvalue weighted by atomic mass is 127. The second-order valence-electron chi connectivity index (χ2n) is 5.28. The third-order valence-electron chi connectivity index (χ3n) is 3.91. The topological polar surface area (TPSA) is 85.9 Å². The van der Waals surface area contributed by atoms with Gasteiger partial charge in [-0.3, -0.25) is 9.78 Å². The van der Waals surface area contributed by atoms with Crippen molar-refractivity contribution in [3.8, 4) is 0 Å². The molecule has 1 aliphatic rings. The van der Waals surface area contributed by atoms with Crippen LogP contribution in [0.15, 0.2) is 11.0 Å². The van der Waals surface area contributed by atoms with Crippen molar-refractivity contribution in [3.63, 3.8) is 0 Å². The van der Waals surface area contributed by atoms with Gasteiger partial charge < -0.3 is 15.0 Å². The fraction of sp³-hybridized carbons (Fsp3) is 0.538. The number of H-pyrrole nitrogens is 1. The first-order chi connectivity index (χ1) is 9.51. The highest BCUT2D eigenvalue weighted by Gasteiger charge is 2.33. The molecule has 3 heterocycles. The van der Waals surface area contributed by atoms with Crippen LogP contribution in [0.25, 0.3) is 11.0 Å². The molecule has 20 heavy (non-hydrogen) atoms. The molecular formula is C13H17IN4O2. The predicted molar refractivity (Wildman–Crippen MR) is 85.5 cm³/mol. The van der Waals surface area contributed by atoms with Crippen LogP contribution in [-0.2, 0) is 4.74 Å². The third-order valence-corrected chi connectivity index (χ3v) is 4.72. The maximum Gasteiger partial charge on any atom is 0.262 e. The average Bonchev–Trinajstić information content (AvgIpc) is 2.90. The van der Waals surface area contributed by atoms with E-state index in [1.807, 2.05) is 10.8 Å². The van der Waals surface area contributed by atoms with Gasteiger partial charge in [-0.1, -0.05) is 13.8 Å². The Balaban J connectivity index is 2.11. The predicted octanol–water partition coefficient (Wildman–Crippen LogP) is 2.25. The molecule has 0 radical (unpaired) electrons. The zero-order valence-corrected chi connectivity index (χ0v) is 13.5. The molecule has 0 amide bonds. The number of rotatable bonds is 2. The van der Waals surface area contributed by atoms with Gasteiger partial charge in [-0.05, 0) is 41.4 Å². The van der Waals surface area contributed by atoms with Crippen molar-refractivity contribution in [2.75, 3.05) is 5.73 Å². The Labute approximate surface area is 129 Å². The molecule has 1 fully saturated rings.